The first kappa shape index (κ1) is 14.6. The van der Waals surface area contributed by atoms with Gasteiger partial charge >= 0.3 is 5.97 Å². The average molecular weight is 274 g/mol. The number of aromatic nitrogens is 1. The standard InChI is InChI=1S/C16H22N2O2/c1-3-12-6-7-15-14(9-12)13(5-4-8-17)10-18(15)11-16(19)20-2/h6-7,9-10H,3-5,8,11,17H2,1-2H3. The van der Waals surface area contributed by atoms with E-state index < -0.39 is 0 Å². The topological polar surface area (TPSA) is 57.2 Å². The normalized spacial score (nSPS) is 10.9. The molecule has 1 heterocycles. The van der Waals surface area contributed by atoms with Gasteiger partial charge in [-0.25, -0.2) is 0 Å². The number of carbonyl (C=O) groups is 1. The number of ether oxygens (including phenoxy) is 1. The van der Waals surface area contributed by atoms with E-state index in [1.165, 1.54) is 23.6 Å². The lowest BCUT2D eigenvalue weighted by Gasteiger charge is -2.04. The molecule has 0 amide bonds. The van der Waals surface area contributed by atoms with E-state index in [2.05, 4.69) is 31.3 Å². The van der Waals surface area contributed by atoms with Gasteiger partial charge in [0, 0.05) is 17.1 Å². The lowest BCUT2D eigenvalue weighted by molar-refractivity contribution is -0.141. The van der Waals surface area contributed by atoms with Gasteiger partial charge in [0.1, 0.15) is 6.54 Å². The molecule has 0 aliphatic carbocycles. The van der Waals surface area contributed by atoms with Crippen LogP contribution in [0.2, 0.25) is 0 Å². The highest BCUT2D eigenvalue weighted by atomic mass is 16.5. The molecule has 0 saturated heterocycles. The molecule has 2 aromatic rings. The third kappa shape index (κ3) is 3.02. The van der Waals surface area contributed by atoms with E-state index >= 15 is 0 Å². The number of aryl methyl sites for hydroxylation is 2. The minimum Gasteiger partial charge on any atom is -0.468 e. The van der Waals surface area contributed by atoms with Gasteiger partial charge in [0.15, 0.2) is 0 Å². The number of benzene rings is 1. The van der Waals surface area contributed by atoms with Crippen molar-refractivity contribution in [3.63, 3.8) is 0 Å². The number of fused-ring (bicyclic) bond motifs is 1. The molecular weight excluding hydrogens is 252 g/mol. The number of nitrogens with zero attached hydrogens (tertiary/aromatic N) is 1. The van der Waals surface area contributed by atoms with Gasteiger partial charge in [-0.3, -0.25) is 4.79 Å². The summed E-state index contributed by atoms with van der Waals surface area (Å²) in [6.07, 6.45) is 4.95. The van der Waals surface area contributed by atoms with E-state index in [1.807, 2.05) is 4.57 Å². The molecule has 0 bridgehead atoms. The molecule has 4 heteroatoms. The zero-order chi connectivity index (χ0) is 14.5. The Hall–Kier alpha value is -1.81. The summed E-state index contributed by atoms with van der Waals surface area (Å²) in [4.78, 5) is 11.5. The maximum absolute atomic E-state index is 11.5. The molecule has 1 aromatic heterocycles. The summed E-state index contributed by atoms with van der Waals surface area (Å²) in [7, 11) is 1.42. The molecule has 2 rings (SSSR count). The van der Waals surface area contributed by atoms with Crippen LogP contribution in [0.3, 0.4) is 0 Å². The van der Waals surface area contributed by atoms with Crippen molar-refractivity contribution in [1.82, 2.24) is 4.57 Å². The summed E-state index contributed by atoms with van der Waals surface area (Å²) in [5.74, 6) is -0.230. The second kappa shape index (κ2) is 6.57. The Morgan fingerprint density at radius 3 is 2.85 bits per heavy atom. The van der Waals surface area contributed by atoms with Crippen LogP contribution in [0.1, 0.15) is 24.5 Å². The summed E-state index contributed by atoms with van der Waals surface area (Å²) in [6, 6.07) is 6.42. The number of nitrogens with two attached hydrogens (primary N) is 1. The zero-order valence-electron chi connectivity index (χ0n) is 12.2. The van der Waals surface area contributed by atoms with Crippen molar-refractivity contribution in [1.29, 1.82) is 0 Å². The highest BCUT2D eigenvalue weighted by Crippen LogP contribution is 2.24. The molecule has 0 fully saturated rings. The van der Waals surface area contributed by atoms with Gasteiger partial charge in [-0.05, 0) is 49.1 Å². The Kier molecular flexibility index (Phi) is 4.79. The van der Waals surface area contributed by atoms with Crippen molar-refractivity contribution >= 4 is 16.9 Å². The third-order valence-corrected chi connectivity index (χ3v) is 3.61. The van der Waals surface area contributed by atoms with Crippen LogP contribution in [0.4, 0.5) is 0 Å². The fourth-order valence-corrected chi connectivity index (χ4v) is 2.46. The second-order valence-corrected chi connectivity index (χ2v) is 4.96. The largest absolute Gasteiger partial charge is 0.468 e. The van der Waals surface area contributed by atoms with Crippen LogP contribution in [0, 0.1) is 0 Å². The molecule has 4 nitrogen and oxygen atoms in total. The molecule has 108 valence electrons. The summed E-state index contributed by atoms with van der Waals surface area (Å²) in [6.45, 7) is 3.07. The molecule has 0 aliphatic heterocycles. The van der Waals surface area contributed by atoms with E-state index in [0.29, 0.717) is 6.54 Å². The molecule has 0 saturated carbocycles. The summed E-state index contributed by atoms with van der Waals surface area (Å²) in [5.41, 5.74) is 9.25. The molecule has 0 atom stereocenters. The van der Waals surface area contributed by atoms with Crippen LogP contribution in [0.25, 0.3) is 10.9 Å². The maximum Gasteiger partial charge on any atom is 0.325 e. The molecule has 0 aliphatic rings. The third-order valence-electron chi connectivity index (χ3n) is 3.61. The van der Waals surface area contributed by atoms with E-state index in [-0.39, 0.29) is 12.5 Å². The highest BCUT2D eigenvalue weighted by molar-refractivity contribution is 5.86. The van der Waals surface area contributed by atoms with Crippen LogP contribution in [0.5, 0.6) is 0 Å². The highest BCUT2D eigenvalue weighted by Gasteiger charge is 2.11. The van der Waals surface area contributed by atoms with Crippen LogP contribution in [-0.2, 0) is 28.9 Å². The van der Waals surface area contributed by atoms with Gasteiger partial charge in [0.2, 0.25) is 0 Å². The first-order valence-corrected chi connectivity index (χ1v) is 7.07. The van der Waals surface area contributed by atoms with E-state index in [4.69, 9.17) is 10.5 Å². The van der Waals surface area contributed by atoms with E-state index in [9.17, 15) is 4.79 Å². The summed E-state index contributed by atoms with van der Waals surface area (Å²) in [5, 5.41) is 1.22. The van der Waals surface area contributed by atoms with Crippen molar-refractivity contribution < 1.29 is 9.53 Å². The predicted octanol–water partition coefficient (Wildman–Crippen LogP) is 2.27. The Labute approximate surface area is 119 Å². The minimum atomic E-state index is -0.230. The van der Waals surface area contributed by atoms with Gasteiger partial charge < -0.3 is 15.0 Å². The molecule has 2 N–H and O–H groups in total. The number of rotatable bonds is 6. The Bertz CT molecular complexity index is 602. The van der Waals surface area contributed by atoms with E-state index in [0.717, 1.165) is 24.8 Å². The van der Waals surface area contributed by atoms with Crippen molar-refractivity contribution in [2.75, 3.05) is 13.7 Å². The Morgan fingerprint density at radius 1 is 1.40 bits per heavy atom. The molecule has 0 unspecified atom stereocenters. The van der Waals surface area contributed by atoms with Crippen LogP contribution in [-0.4, -0.2) is 24.2 Å². The van der Waals surface area contributed by atoms with Gasteiger partial charge in [0.25, 0.3) is 0 Å². The van der Waals surface area contributed by atoms with Crippen LogP contribution >= 0.6 is 0 Å². The van der Waals surface area contributed by atoms with Crippen molar-refractivity contribution in [2.45, 2.75) is 32.7 Å². The molecular formula is C16H22N2O2. The fraction of sp³-hybridized carbons (Fsp3) is 0.438. The van der Waals surface area contributed by atoms with Gasteiger partial charge in [-0.15, -0.1) is 0 Å². The number of hydrogen-bond acceptors (Lipinski definition) is 3. The number of carbonyl (C=O) groups excluding carboxylic acids is 1. The Morgan fingerprint density at radius 2 is 2.20 bits per heavy atom. The van der Waals surface area contributed by atoms with Crippen molar-refractivity contribution in [3.8, 4) is 0 Å². The minimum absolute atomic E-state index is 0.230. The van der Waals surface area contributed by atoms with Gasteiger partial charge in [-0.1, -0.05) is 13.0 Å². The Balaban J connectivity index is 2.44. The van der Waals surface area contributed by atoms with Crippen molar-refractivity contribution in [2.24, 2.45) is 5.73 Å². The first-order valence-electron chi connectivity index (χ1n) is 7.07. The van der Waals surface area contributed by atoms with Gasteiger partial charge in [0.05, 0.1) is 7.11 Å². The van der Waals surface area contributed by atoms with E-state index in [1.54, 1.807) is 0 Å². The van der Waals surface area contributed by atoms with Crippen molar-refractivity contribution in [3.05, 3.63) is 35.5 Å². The maximum atomic E-state index is 11.5. The quantitative estimate of drug-likeness (QED) is 0.822. The molecule has 20 heavy (non-hydrogen) atoms. The summed E-state index contributed by atoms with van der Waals surface area (Å²) < 4.78 is 6.72. The predicted molar refractivity (Wildman–Crippen MR) is 80.7 cm³/mol. The number of methoxy groups -OCH3 is 1. The molecule has 1 aromatic carbocycles. The van der Waals surface area contributed by atoms with Gasteiger partial charge in [-0.2, -0.15) is 0 Å². The van der Waals surface area contributed by atoms with Crippen LogP contribution in [0.15, 0.2) is 24.4 Å². The fourth-order valence-electron chi connectivity index (χ4n) is 2.46. The zero-order valence-corrected chi connectivity index (χ0v) is 12.2. The molecule has 0 spiro atoms. The monoisotopic (exact) mass is 274 g/mol. The first-order chi connectivity index (χ1) is 9.69. The average Bonchev–Trinajstić information content (AvgIpc) is 2.82. The lowest BCUT2D eigenvalue weighted by Crippen LogP contribution is -2.10. The number of hydrogen-bond donors (Lipinski definition) is 1. The lowest BCUT2D eigenvalue weighted by atomic mass is 10.0. The SMILES string of the molecule is CCc1ccc2c(c1)c(CCCN)cn2CC(=O)OC. The van der Waals surface area contributed by atoms with Crippen LogP contribution < -0.4 is 5.73 Å². The molecule has 0 radical (unpaired) electrons. The smallest absolute Gasteiger partial charge is 0.325 e. The second-order valence-electron chi connectivity index (χ2n) is 4.96. The summed E-state index contributed by atoms with van der Waals surface area (Å²) >= 11 is 0. The number of esters is 1.